The molecule has 0 rings (SSSR count). The van der Waals surface area contributed by atoms with Crippen LogP contribution in [-0.2, 0) is 14.2 Å². The van der Waals surface area contributed by atoms with Gasteiger partial charge in [0.15, 0.2) is 0 Å². The average Bonchev–Trinajstić information content (AvgIpc) is 2.01. The van der Waals surface area contributed by atoms with Gasteiger partial charge < -0.3 is 14.2 Å². The van der Waals surface area contributed by atoms with E-state index in [9.17, 15) is 0 Å². The lowest BCUT2D eigenvalue weighted by Crippen LogP contribution is -2.35. The van der Waals surface area contributed by atoms with Crippen LogP contribution in [0.15, 0.2) is 0 Å². The molecule has 0 aliphatic heterocycles. The van der Waals surface area contributed by atoms with Gasteiger partial charge in [-0.1, -0.05) is 6.92 Å². The van der Waals surface area contributed by atoms with Crippen LogP contribution in [0.1, 0.15) is 12.8 Å². The quantitative estimate of drug-likeness (QED) is 0.547. The van der Waals surface area contributed by atoms with E-state index in [1.54, 1.807) is 21.3 Å². The molecule has 3 nitrogen and oxygen atoms in total. The van der Waals surface area contributed by atoms with Gasteiger partial charge in [0.05, 0.1) is 0 Å². The van der Waals surface area contributed by atoms with Crippen molar-refractivity contribution in [1.29, 1.82) is 0 Å². The Hall–Kier alpha value is -0.120. The number of ether oxygens (including phenoxy) is 3. The second-order valence-corrected chi connectivity index (χ2v) is 1.90. The Bertz CT molecular complexity index is 70.7. The summed E-state index contributed by atoms with van der Waals surface area (Å²) in [5.41, 5.74) is 0. The molecule has 0 amide bonds. The van der Waals surface area contributed by atoms with E-state index in [1.807, 2.05) is 0 Å². The highest BCUT2D eigenvalue weighted by Gasteiger charge is 2.27. The maximum absolute atomic E-state index is 4.99. The first kappa shape index (κ1) is 9.88. The molecule has 0 aromatic rings. The van der Waals surface area contributed by atoms with E-state index >= 15 is 0 Å². The van der Waals surface area contributed by atoms with Gasteiger partial charge in [-0.25, -0.2) is 0 Å². The second-order valence-electron chi connectivity index (χ2n) is 1.90. The molecule has 0 aliphatic carbocycles. The Morgan fingerprint density at radius 2 is 1.50 bits per heavy atom. The van der Waals surface area contributed by atoms with Crippen LogP contribution in [0.5, 0.6) is 0 Å². The molecule has 0 unspecified atom stereocenters. The van der Waals surface area contributed by atoms with Crippen LogP contribution in [0.25, 0.3) is 0 Å². The van der Waals surface area contributed by atoms with Gasteiger partial charge in [-0.2, -0.15) is 0 Å². The molecule has 0 aliphatic rings. The van der Waals surface area contributed by atoms with Crippen LogP contribution < -0.4 is 0 Å². The molecule has 0 aromatic heterocycles. The zero-order valence-electron chi connectivity index (χ0n) is 6.85. The normalized spacial score (nSPS) is 12.0. The van der Waals surface area contributed by atoms with E-state index in [0.29, 0.717) is 6.42 Å². The fraction of sp³-hybridized carbons (Fsp3) is 0.857. The van der Waals surface area contributed by atoms with Crippen LogP contribution in [0.4, 0.5) is 0 Å². The van der Waals surface area contributed by atoms with Gasteiger partial charge >= 0.3 is 0 Å². The highest BCUT2D eigenvalue weighted by molar-refractivity contribution is 4.56. The van der Waals surface area contributed by atoms with Gasteiger partial charge in [-0.3, -0.25) is 0 Å². The summed E-state index contributed by atoms with van der Waals surface area (Å²) in [6, 6.07) is 0. The summed E-state index contributed by atoms with van der Waals surface area (Å²) >= 11 is 0. The minimum atomic E-state index is -0.887. The third-order valence-electron chi connectivity index (χ3n) is 1.42. The molecule has 0 atom stereocenters. The topological polar surface area (TPSA) is 27.7 Å². The van der Waals surface area contributed by atoms with Gasteiger partial charge in [0.1, 0.15) is 0 Å². The molecule has 61 valence electrons. The molecule has 0 aromatic carbocycles. The molecule has 0 saturated heterocycles. The van der Waals surface area contributed by atoms with Crippen molar-refractivity contribution in [2.45, 2.75) is 18.8 Å². The second kappa shape index (κ2) is 4.66. The average molecular weight is 147 g/mol. The number of hydrogen-bond acceptors (Lipinski definition) is 3. The van der Waals surface area contributed by atoms with Crippen molar-refractivity contribution in [3.63, 3.8) is 0 Å². The predicted octanol–water partition coefficient (Wildman–Crippen LogP) is 1.19. The molecule has 3 heteroatoms. The smallest absolute Gasteiger partial charge is 0.282 e. The van der Waals surface area contributed by atoms with Gasteiger partial charge in [0.25, 0.3) is 5.97 Å². The Balaban J connectivity index is 3.87. The van der Waals surface area contributed by atoms with E-state index in [1.165, 1.54) is 0 Å². The Kier molecular flexibility index (Phi) is 4.60. The van der Waals surface area contributed by atoms with Gasteiger partial charge in [0, 0.05) is 27.8 Å². The van der Waals surface area contributed by atoms with Crippen LogP contribution >= 0.6 is 0 Å². The van der Waals surface area contributed by atoms with Crippen LogP contribution in [-0.4, -0.2) is 27.3 Å². The third-order valence-corrected chi connectivity index (χ3v) is 1.42. The van der Waals surface area contributed by atoms with Crippen molar-refractivity contribution in [3.05, 3.63) is 6.92 Å². The lowest BCUT2D eigenvalue weighted by molar-refractivity contribution is -0.354. The van der Waals surface area contributed by atoms with E-state index in [4.69, 9.17) is 14.2 Å². The van der Waals surface area contributed by atoms with Crippen molar-refractivity contribution in [2.24, 2.45) is 0 Å². The number of rotatable bonds is 5. The number of methoxy groups -OCH3 is 3. The summed E-state index contributed by atoms with van der Waals surface area (Å²) in [5, 5.41) is 0. The lowest BCUT2D eigenvalue weighted by atomic mass is 10.3. The summed E-state index contributed by atoms with van der Waals surface area (Å²) < 4.78 is 15.0. The molecule has 10 heavy (non-hydrogen) atoms. The minimum absolute atomic E-state index is 0.635. The van der Waals surface area contributed by atoms with Crippen LogP contribution in [0.2, 0.25) is 0 Å². The van der Waals surface area contributed by atoms with Crippen molar-refractivity contribution in [2.75, 3.05) is 21.3 Å². The molecule has 0 N–H and O–H groups in total. The fourth-order valence-corrected chi connectivity index (χ4v) is 0.773. The fourth-order valence-electron chi connectivity index (χ4n) is 0.773. The zero-order chi connectivity index (χ0) is 8.04. The van der Waals surface area contributed by atoms with Crippen molar-refractivity contribution < 1.29 is 14.2 Å². The van der Waals surface area contributed by atoms with Crippen LogP contribution in [0.3, 0.4) is 0 Å². The summed E-state index contributed by atoms with van der Waals surface area (Å²) in [6.07, 6.45) is 1.35. The first-order chi connectivity index (χ1) is 4.74. The zero-order valence-corrected chi connectivity index (χ0v) is 6.85. The lowest BCUT2D eigenvalue weighted by Gasteiger charge is -2.27. The molecule has 0 heterocycles. The SMILES string of the molecule is [CH2]CCC(OC)(OC)OC. The van der Waals surface area contributed by atoms with E-state index in [2.05, 4.69) is 6.92 Å². The highest BCUT2D eigenvalue weighted by atomic mass is 16.9. The Labute approximate surface area is 62.3 Å². The molecular formula is C7H15O3. The third kappa shape index (κ3) is 2.25. The molecular weight excluding hydrogens is 132 g/mol. The summed E-state index contributed by atoms with van der Waals surface area (Å²) in [7, 11) is 4.63. The van der Waals surface area contributed by atoms with Crippen molar-refractivity contribution in [3.8, 4) is 0 Å². The molecule has 1 radical (unpaired) electrons. The van der Waals surface area contributed by atoms with E-state index < -0.39 is 5.97 Å². The minimum Gasteiger partial charge on any atom is -0.331 e. The first-order valence-electron chi connectivity index (χ1n) is 3.19. The highest BCUT2D eigenvalue weighted by Crippen LogP contribution is 2.17. The van der Waals surface area contributed by atoms with Crippen molar-refractivity contribution >= 4 is 0 Å². The molecule has 0 spiro atoms. The van der Waals surface area contributed by atoms with E-state index in [0.717, 1.165) is 6.42 Å². The largest absolute Gasteiger partial charge is 0.331 e. The van der Waals surface area contributed by atoms with E-state index in [-0.39, 0.29) is 0 Å². The predicted molar refractivity (Wildman–Crippen MR) is 38.3 cm³/mol. The van der Waals surface area contributed by atoms with Gasteiger partial charge in [-0.15, -0.1) is 0 Å². The van der Waals surface area contributed by atoms with Gasteiger partial charge in [0.2, 0.25) is 0 Å². The maximum Gasteiger partial charge on any atom is 0.282 e. The maximum atomic E-state index is 4.99. The standard InChI is InChI=1S/C7H15O3/c1-5-6-7(8-2,9-3)10-4/h1,5-6H2,2-4H3. The summed E-state index contributed by atoms with van der Waals surface area (Å²) in [5.74, 6) is -0.887. The Morgan fingerprint density at radius 1 is 1.10 bits per heavy atom. The molecule has 0 saturated carbocycles. The van der Waals surface area contributed by atoms with Crippen molar-refractivity contribution in [1.82, 2.24) is 0 Å². The number of hydrogen-bond donors (Lipinski definition) is 0. The van der Waals surface area contributed by atoms with Crippen LogP contribution in [0, 0.1) is 6.92 Å². The monoisotopic (exact) mass is 147 g/mol. The molecule has 0 bridgehead atoms. The Morgan fingerprint density at radius 3 is 1.60 bits per heavy atom. The summed E-state index contributed by atoms with van der Waals surface area (Å²) in [6.45, 7) is 3.67. The first-order valence-corrected chi connectivity index (χ1v) is 3.19. The summed E-state index contributed by atoms with van der Waals surface area (Å²) in [4.78, 5) is 0. The van der Waals surface area contributed by atoms with Gasteiger partial charge in [-0.05, 0) is 6.42 Å². The molecule has 0 fully saturated rings.